The lowest BCUT2D eigenvalue weighted by Crippen LogP contribution is -2.24. The van der Waals surface area contributed by atoms with E-state index >= 15 is 0 Å². The molecule has 14 heavy (non-hydrogen) atoms. The molecule has 1 nitrogen and oxygen atoms in total. The molecule has 0 aromatic carbocycles. The van der Waals surface area contributed by atoms with Crippen LogP contribution in [0.2, 0.25) is 0 Å². The normalized spacial score (nSPS) is 14.8. The summed E-state index contributed by atoms with van der Waals surface area (Å²) >= 11 is 0. The molecule has 0 aromatic heterocycles. The first-order chi connectivity index (χ1) is 6.81. The third kappa shape index (κ3) is 22.7. The van der Waals surface area contributed by atoms with Crippen LogP contribution in [0.25, 0.3) is 0 Å². The van der Waals surface area contributed by atoms with Crippen LogP contribution in [0.1, 0.15) is 67.2 Å². The van der Waals surface area contributed by atoms with Gasteiger partial charge < -0.3 is 4.90 Å². The van der Waals surface area contributed by atoms with E-state index in [-0.39, 0.29) is 0 Å². The van der Waals surface area contributed by atoms with Gasteiger partial charge in [-0.1, -0.05) is 54.4 Å². The van der Waals surface area contributed by atoms with E-state index in [2.05, 4.69) is 25.8 Å². The van der Waals surface area contributed by atoms with Crippen LogP contribution in [0.5, 0.6) is 0 Å². The Labute approximate surface area is 92.9 Å². The van der Waals surface area contributed by atoms with Crippen LogP contribution in [0.3, 0.4) is 0 Å². The van der Waals surface area contributed by atoms with E-state index in [9.17, 15) is 0 Å². The summed E-state index contributed by atoms with van der Waals surface area (Å²) in [5, 5.41) is 0. The topological polar surface area (TPSA) is 3.24 Å². The standard InChI is InChI=1S/C6H13N.C3H8.2C2H6/c1-7-5-3-2-4-6-7;1-3-2;2*1-2/h2-6H2,1H3;3H2,1-2H3;2*1-2H3. The maximum absolute atomic E-state index is 2.39. The molecule has 0 N–H and O–H groups in total. The van der Waals surface area contributed by atoms with Crippen LogP contribution in [0.4, 0.5) is 0 Å². The largest absolute Gasteiger partial charge is 0.306 e. The first kappa shape index (κ1) is 19.5. The van der Waals surface area contributed by atoms with Crippen molar-refractivity contribution >= 4 is 0 Å². The zero-order valence-electron chi connectivity index (χ0n) is 11.7. The Kier molecular flexibility index (Phi) is 32.2. The van der Waals surface area contributed by atoms with Crippen molar-refractivity contribution in [1.82, 2.24) is 4.90 Å². The molecule has 1 aliphatic rings. The summed E-state index contributed by atoms with van der Waals surface area (Å²) in [5.41, 5.74) is 0. The van der Waals surface area contributed by atoms with Gasteiger partial charge in [0.1, 0.15) is 0 Å². The van der Waals surface area contributed by atoms with Crippen molar-refractivity contribution < 1.29 is 0 Å². The molecular weight excluding hydrogens is 170 g/mol. The first-order valence-electron chi connectivity index (χ1n) is 6.49. The molecule has 1 heterocycles. The smallest absolute Gasteiger partial charge is 0.00218 e. The van der Waals surface area contributed by atoms with Gasteiger partial charge in [-0.05, 0) is 33.0 Å². The maximum atomic E-state index is 2.39. The van der Waals surface area contributed by atoms with Crippen LogP contribution in [0, 0.1) is 0 Å². The van der Waals surface area contributed by atoms with Crippen molar-refractivity contribution in [2.24, 2.45) is 0 Å². The van der Waals surface area contributed by atoms with E-state index in [4.69, 9.17) is 0 Å². The highest BCUT2D eigenvalue weighted by molar-refractivity contribution is 4.58. The van der Waals surface area contributed by atoms with Gasteiger partial charge in [0.25, 0.3) is 0 Å². The number of rotatable bonds is 0. The second-order valence-electron chi connectivity index (χ2n) is 3.07. The van der Waals surface area contributed by atoms with E-state index < -0.39 is 0 Å². The number of hydrogen-bond donors (Lipinski definition) is 0. The average molecular weight is 203 g/mol. The fourth-order valence-electron chi connectivity index (χ4n) is 1.05. The van der Waals surface area contributed by atoms with Crippen molar-refractivity contribution in [1.29, 1.82) is 0 Å². The third-order valence-corrected chi connectivity index (χ3v) is 1.58. The molecule has 0 amide bonds. The molecule has 1 aliphatic heterocycles. The number of hydrogen-bond acceptors (Lipinski definition) is 1. The summed E-state index contributed by atoms with van der Waals surface area (Å²) in [6, 6.07) is 0. The zero-order valence-corrected chi connectivity index (χ0v) is 11.7. The van der Waals surface area contributed by atoms with Crippen LogP contribution < -0.4 is 0 Å². The first-order valence-corrected chi connectivity index (χ1v) is 6.49. The van der Waals surface area contributed by atoms with Gasteiger partial charge in [-0.15, -0.1) is 0 Å². The second-order valence-corrected chi connectivity index (χ2v) is 3.07. The molecule has 90 valence electrons. The van der Waals surface area contributed by atoms with Crippen LogP contribution >= 0.6 is 0 Å². The predicted octanol–water partition coefficient (Wildman–Crippen LogP) is 4.57. The van der Waals surface area contributed by atoms with Gasteiger partial charge in [-0.2, -0.15) is 0 Å². The van der Waals surface area contributed by atoms with Crippen molar-refractivity contribution in [3.63, 3.8) is 0 Å². The Hall–Kier alpha value is -0.0400. The minimum absolute atomic E-state index is 1.25. The molecule has 0 unspecified atom stereocenters. The zero-order chi connectivity index (χ0) is 11.8. The van der Waals surface area contributed by atoms with Gasteiger partial charge in [0.15, 0.2) is 0 Å². The van der Waals surface area contributed by atoms with Gasteiger partial charge >= 0.3 is 0 Å². The van der Waals surface area contributed by atoms with Crippen LogP contribution in [0.15, 0.2) is 0 Å². The highest BCUT2D eigenvalue weighted by atomic mass is 15.1. The van der Waals surface area contributed by atoms with E-state index in [1.807, 2.05) is 27.7 Å². The fraction of sp³-hybridized carbons (Fsp3) is 1.00. The minimum atomic E-state index is 1.25. The Balaban J connectivity index is -0.000000148. The van der Waals surface area contributed by atoms with E-state index in [1.165, 1.54) is 38.8 Å². The van der Waals surface area contributed by atoms with Crippen LogP contribution in [-0.4, -0.2) is 25.0 Å². The molecule has 0 radical (unpaired) electrons. The monoisotopic (exact) mass is 203 g/mol. The summed E-state index contributed by atoms with van der Waals surface area (Å²) in [4.78, 5) is 2.39. The quantitative estimate of drug-likeness (QED) is 0.557. The summed E-state index contributed by atoms with van der Waals surface area (Å²) in [6.45, 7) is 14.9. The van der Waals surface area contributed by atoms with Gasteiger partial charge in [-0.25, -0.2) is 0 Å². The highest BCUT2D eigenvalue weighted by Crippen LogP contribution is 2.04. The lowest BCUT2D eigenvalue weighted by Gasteiger charge is -2.20. The molecule has 1 heteroatoms. The van der Waals surface area contributed by atoms with Crippen molar-refractivity contribution in [3.05, 3.63) is 0 Å². The van der Waals surface area contributed by atoms with Crippen molar-refractivity contribution in [2.75, 3.05) is 20.1 Å². The highest BCUT2D eigenvalue weighted by Gasteiger charge is 2.02. The molecule has 0 bridgehead atoms. The summed E-state index contributed by atoms with van der Waals surface area (Å²) in [5.74, 6) is 0. The van der Waals surface area contributed by atoms with E-state index in [0.29, 0.717) is 0 Å². The number of piperidine rings is 1. The summed E-state index contributed by atoms with van der Waals surface area (Å²) in [7, 11) is 2.19. The average Bonchev–Trinajstić information content (AvgIpc) is 2.26. The maximum Gasteiger partial charge on any atom is -0.00218 e. The van der Waals surface area contributed by atoms with Gasteiger partial charge in [0.05, 0.1) is 0 Å². The second kappa shape index (κ2) is 23.1. The number of nitrogens with zero attached hydrogens (tertiary/aromatic N) is 1. The Morgan fingerprint density at radius 2 is 1.07 bits per heavy atom. The molecular formula is C13H33N. The van der Waals surface area contributed by atoms with Gasteiger partial charge in [0.2, 0.25) is 0 Å². The Morgan fingerprint density at radius 1 is 0.786 bits per heavy atom. The van der Waals surface area contributed by atoms with E-state index in [1.54, 1.807) is 0 Å². The van der Waals surface area contributed by atoms with Gasteiger partial charge in [0, 0.05) is 0 Å². The van der Waals surface area contributed by atoms with Gasteiger partial charge in [-0.3, -0.25) is 0 Å². The Bertz CT molecular complexity index is 56.3. The molecule has 0 atom stereocenters. The molecule has 1 saturated heterocycles. The predicted molar refractivity (Wildman–Crippen MR) is 70.0 cm³/mol. The molecule has 0 aliphatic carbocycles. The molecule has 0 saturated carbocycles. The lowest BCUT2D eigenvalue weighted by atomic mass is 10.1. The summed E-state index contributed by atoms with van der Waals surface area (Å²) in [6.07, 6.45) is 5.53. The van der Waals surface area contributed by atoms with Crippen molar-refractivity contribution in [3.8, 4) is 0 Å². The SMILES string of the molecule is CC.CC.CCC.CN1CCCCC1. The van der Waals surface area contributed by atoms with Crippen molar-refractivity contribution in [2.45, 2.75) is 67.2 Å². The molecule has 0 spiro atoms. The Morgan fingerprint density at radius 3 is 1.21 bits per heavy atom. The third-order valence-electron chi connectivity index (χ3n) is 1.58. The summed E-state index contributed by atoms with van der Waals surface area (Å²) < 4.78 is 0. The fourth-order valence-corrected chi connectivity index (χ4v) is 1.05. The molecule has 1 rings (SSSR count). The lowest BCUT2D eigenvalue weighted by molar-refractivity contribution is 0.277. The van der Waals surface area contributed by atoms with Crippen LogP contribution in [-0.2, 0) is 0 Å². The molecule has 0 aromatic rings. The number of likely N-dealkylation sites (tertiary alicyclic amines) is 1. The van der Waals surface area contributed by atoms with E-state index in [0.717, 1.165) is 0 Å². The molecule has 1 fully saturated rings. The minimum Gasteiger partial charge on any atom is -0.306 e.